The lowest BCUT2D eigenvalue weighted by atomic mass is 9.98. The Morgan fingerprint density at radius 2 is 1.80 bits per heavy atom. The lowest BCUT2D eigenvalue weighted by Crippen LogP contribution is -2.11. The van der Waals surface area contributed by atoms with Gasteiger partial charge in [-0.2, -0.15) is 0 Å². The fraction of sp³-hybridized carbons (Fsp3) is 0.0400. The van der Waals surface area contributed by atoms with Gasteiger partial charge in [0.25, 0.3) is 5.91 Å². The second-order valence-corrected chi connectivity index (χ2v) is 6.78. The second kappa shape index (κ2) is 8.17. The molecule has 1 amide bonds. The molecule has 0 aliphatic carbocycles. The van der Waals surface area contributed by atoms with Crippen molar-refractivity contribution in [3.8, 4) is 11.3 Å². The van der Waals surface area contributed by atoms with Gasteiger partial charge in [0, 0.05) is 22.4 Å². The number of carbonyl (C=O) groups excluding carboxylic acids is 1. The minimum Gasteiger partial charge on any atom is -0.422 e. The third-order valence-electron chi connectivity index (χ3n) is 4.76. The highest BCUT2D eigenvalue weighted by molar-refractivity contribution is 6.04. The molecule has 0 saturated heterocycles. The summed E-state index contributed by atoms with van der Waals surface area (Å²) in [5, 5.41) is 3.65. The van der Waals surface area contributed by atoms with Crippen molar-refractivity contribution < 1.29 is 13.6 Å². The molecule has 0 aliphatic heterocycles. The summed E-state index contributed by atoms with van der Waals surface area (Å²) in [6, 6.07) is 20.0. The van der Waals surface area contributed by atoms with E-state index < -0.39 is 11.4 Å². The number of benzene rings is 3. The Hall–Kier alpha value is -3.99. The van der Waals surface area contributed by atoms with E-state index in [-0.39, 0.29) is 11.3 Å². The normalized spacial score (nSPS) is 10.7. The molecule has 0 saturated carbocycles. The molecule has 0 bridgehead atoms. The van der Waals surface area contributed by atoms with E-state index in [0.29, 0.717) is 34.4 Å². The summed E-state index contributed by atoms with van der Waals surface area (Å²) in [5.41, 5.74) is 1.83. The average Bonchev–Trinajstić information content (AvgIpc) is 2.76. The van der Waals surface area contributed by atoms with Gasteiger partial charge in [-0.25, -0.2) is 9.18 Å². The summed E-state index contributed by atoms with van der Waals surface area (Å²) < 4.78 is 19.2. The predicted molar refractivity (Wildman–Crippen MR) is 116 cm³/mol. The molecule has 4 rings (SSSR count). The van der Waals surface area contributed by atoms with Gasteiger partial charge in [0.15, 0.2) is 0 Å². The first-order chi connectivity index (χ1) is 14.6. The summed E-state index contributed by atoms with van der Waals surface area (Å²) in [6.45, 7) is 3.78. The number of hydrogen-bond acceptors (Lipinski definition) is 3. The van der Waals surface area contributed by atoms with E-state index in [1.165, 1.54) is 12.1 Å². The molecule has 0 aliphatic rings. The Labute approximate surface area is 172 Å². The maximum absolute atomic E-state index is 13.6. The van der Waals surface area contributed by atoms with Gasteiger partial charge < -0.3 is 9.73 Å². The van der Waals surface area contributed by atoms with Crippen LogP contribution in [0.1, 0.15) is 15.9 Å². The van der Waals surface area contributed by atoms with Crippen LogP contribution in [0.5, 0.6) is 0 Å². The van der Waals surface area contributed by atoms with E-state index in [2.05, 4.69) is 11.9 Å². The highest BCUT2D eigenvalue weighted by atomic mass is 19.1. The Morgan fingerprint density at radius 1 is 1.00 bits per heavy atom. The Morgan fingerprint density at radius 3 is 2.57 bits per heavy atom. The van der Waals surface area contributed by atoms with Crippen molar-refractivity contribution in [1.29, 1.82) is 0 Å². The molecule has 5 heteroatoms. The Balaban J connectivity index is 1.79. The highest BCUT2D eigenvalue weighted by Crippen LogP contribution is 2.31. The summed E-state index contributed by atoms with van der Waals surface area (Å²) in [5.74, 6) is -0.373. The van der Waals surface area contributed by atoms with E-state index in [4.69, 9.17) is 4.42 Å². The summed E-state index contributed by atoms with van der Waals surface area (Å²) in [4.78, 5) is 25.0. The van der Waals surface area contributed by atoms with Gasteiger partial charge >= 0.3 is 5.63 Å². The molecule has 0 fully saturated rings. The predicted octanol–water partition coefficient (Wildman–Crippen LogP) is 5.58. The van der Waals surface area contributed by atoms with Crippen LogP contribution in [0.25, 0.3) is 22.1 Å². The molecular formula is C25H18FNO3. The van der Waals surface area contributed by atoms with Gasteiger partial charge in [-0.05, 0) is 48.2 Å². The highest BCUT2D eigenvalue weighted by Gasteiger charge is 2.16. The number of hydrogen-bond donors (Lipinski definition) is 1. The lowest BCUT2D eigenvalue weighted by molar-refractivity contribution is 0.102. The number of carbonyl (C=O) groups is 1. The molecule has 4 nitrogen and oxygen atoms in total. The molecule has 1 N–H and O–H groups in total. The molecule has 0 radical (unpaired) electrons. The number of allylic oxidation sites excluding steroid dienone is 1. The molecule has 0 unspecified atom stereocenters. The van der Waals surface area contributed by atoms with E-state index >= 15 is 0 Å². The fourth-order valence-corrected chi connectivity index (χ4v) is 3.39. The van der Waals surface area contributed by atoms with E-state index in [1.54, 1.807) is 60.7 Å². The van der Waals surface area contributed by atoms with E-state index in [9.17, 15) is 14.0 Å². The van der Waals surface area contributed by atoms with Gasteiger partial charge in [0.2, 0.25) is 0 Å². The Kier molecular flexibility index (Phi) is 5.26. The van der Waals surface area contributed by atoms with Crippen LogP contribution in [0.3, 0.4) is 0 Å². The maximum Gasteiger partial charge on any atom is 0.344 e. The third kappa shape index (κ3) is 3.78. The molecule has 148 valence electrons. The molecule has 3 aromatic carbocycles. The van der Waals surface area contributed by atoms with Gasteiger partial charge in [-0.3, -0.25) is 4.79 Å². The van der Waals surface area contributed by atoms with Crippen molar-refractivity contribution in [3.63, 3.8) is 0 Å². The van der Waals surface area contributed by atoms with Crippen LogP contribution < -0.4 is 10.9 Å². The van der Waals surface area contributed by atoms with Gasteiger partial charge in [0.1, 0.15) is 11.6 Å². The molecule has 1 aromatic heterocycles. The standard InChI is InChI=1S/C25H18FNO3/c1-2-7-21-20-13-12-18(26)15-22(20)25(29)30-23(21)17-10-6-11-19(14-17)27-24(28)16-8-4-3-5-9-16/h2-6,8-15H,1,7H2,(H,27,28). The smallest absolute Gasteiger partial charge is 0.344 e. The first kappa shape index (κ1) is 19.3. The number of anilines is 1. The number of nitrogens with one attached hydrogen (secondary N) is 1. The van der Waals surface area contributed by atoms with Gasteiger partial charge in [0.05, 0.1) is 5.39 Å². The zero-order valence-corrected chi connectivity index (χ0v) is 16.0. The largest absolute Gasteiger partial charge is 0.422 e. The van der Waals surface area contributed by atoms with Crippen LogP contribution in [0.2, 0.25) is 0 Å². The lowest BCUT2D eigenvalue weighted by Gasteiger charge is -2.12. The quantitative estimate of drug-likeness (QED) is 0.446. The van der Waals surface area contributed by atoms with Gasteiger partial charge in [-0.1, -0.05) is 42.5 Å². The number of halogens is 1. The minimum absolute atomic E-state index is 0.184. The van der Waals surface area contributed by atoms with Crippen LogP contribution >= 0.6 is 0 Å². The van der Waals surface area contributed by atoms with Crippen LogP contribution in [0, 0.1) is 5.82 Å². The molecule has 4 aromatic rings. The topological polar surface area (TPSA) is 59.3 Å². The molecule has 0 atom stereocenters. The fourth-order valence-electron chi connectivity index (χ4n) is 3.39. The molecule has 1 heterocycles. The number of fused-ring (bicyclic) bond motifs is 1. The number of amides is 1. The van der Waals surface area contributed by atoms with Crippen molar-refractivity contribution in [2.75, 3.05) is 5.32 Å². The monoisotopic (exact) mass is 399 g/mol. The van der Waals surface area contributed by atoms with Gasteiger partial charge in [-0.15, -0.1) is 6.58 Å². The minimum atomic E-state index is -0.619. The van der Waals surface area contributed by atoms with Crippen LogP contribution in [-0.4, -0.2) is 5.91 Å². The van der Waals surface area contributed by atoms with E-state index in [0.717, 1.165) is 5.56 Å². The molecule has 30 heavy (non-hydrogen) atoms. The summed E-state index contributed by atoms with van der Waals surface area (Å²) >= 11 is 0. The van der Waals surface area contributed by atoms with Crippen molar-refractivity contribution in [1.82, 2.24) is 0 Å². The second-order valence-electron chi connectivity index (χ2n) is 6.78. The first-order valence-corrected chi connectivity index (χ1v) is 9.40. The average molecular weight is 399 g/mol. The number of rotatable bonds is 5. The van der Waals surface area contributed by atoms with Crippen LogP contribution in [-0.2, 0) is 6.42 Å². The Bertz CT molecular complexity index is 1310. The van der Waals surface area contributed by atoms with E-state index in [1.807, 2.05) is 6.07 Å². The first-order valence-electron chi connectivity index (χ1n) is 9.40. The van der Waals surface area contributed by atoms with Crippen molar-refractivity contribution in [3.05, 3.63) is 113 Å². The van der Waals surface area contributed by atoms with Crippen molar-refractivity contribution in [2.45, 2.75) is 6.42 Å². The van der Waals surface area contributed by atoms with Crippen LogP contribution in [0.4, 0.5) is 10.1 Å². The third-order valence-corrected chi connectivity index (χ3v) is 4.76. The van der Waals surface area contributed by atoms with Crippen molar-refractivity contribution in [2.24, 2.45) is 0 Å². The van der Waals surface area contributed by atoms with Crippen molar-refractivity contribution >= 4 is 22.4 Å². The molecular weight excluding hydrogens is 381 g/mol. The SMILES string of the molecule is C=CCc1c(-c2cccc(NC(=O)c3ccccc3)c2)oc(=O)c2cc(F)ccc12. The summed E-state index contributed by atoms with van der Waals surface area (Å²) in [6.07, 6.45) is 2.13. The zero-order chi connectivity index (χ0) is 21.1. The molecule has 0 spiro atoms. The summed E-state index contributed by atoms with van der Waals surface area (Å²) in [7, 11) is 0. The maximum atomic E-state index is 13.6. The zero-order valence-electron chi connectivity index (χ0n) is 16.0. The van der Waals surface area contributed by atoms with Crippen LogP contribution in [0.15, 0.2) is 94.7 Å².